The normalized spacial score (nSPS) is 14.7. The highest BCUT2D eigenvalue weighted by atomic mass is 19.4. The van der Waals surface area contributed by atoms with E-state index in [-0.39, 0.29) is 28.0 Å². The van der Waals surface area contributed by atoms with Crippen LogP contribution in [0.1, 0.15) is 44.5 Å². The molecule has 8 heteroatoms. The van der Waals surface area contributed by atoms with Gasteiger partial charge in [-0.2, -0.15) is 13.2 Å². The van der Waals surface area contributed by atoms with Crippen molar-refractivity contribution >= 4 is 30.7 Å². The van der Waals surface area contributed by atoms with Gasteiger partial charge < -0.3 is 4.42 Å². The van der Waals surface area contributed by atoms with Gasteiger partial charge in [0.15, 0.2) is 5.78 Å². The number of carbonyl (C=O) groups is 3. The number of fused-ring (bicyclic) bond motifs is 1. The second kappa shape index (κ2) is 5.58. The second-order valence-corrected chi connectivity index (χ2v) is 5.67. The van der Waals surface area contributed by atoms with Gasteiger partial charge in [0.25, 0.3) is 0 Å². The first-order valence-corrected chi connectivity index (χ1v) is 7.23. The Morgan fingerprint density at radius 1 is 1.16 bits per heavy atom. The summed E-state index contributed by atoms with van der Waals surface area (Å²) in [6.07, 6.45) is -3.60. The highest BCUT2D eigenvalue weighted by molar-refractivity contribution is 6.59. The summed E-state index contributed by atoms with van der Waals surface area (Å²) < 4.78 is 43.7. The second-order valence-electron chi connectivity index (χ2n) is 5.67. The van der Waals surface area contributed by atoms with Gasteiger partial charge in [0.2, 0.25) is 11.6 Å². The summed E-state index contributed by atoms with van der Waals surface area (Å²) >= 11 is 0. The first kappa shape index (κ1) is 16.9. The van der Waals surface area contributed by atoms with Gasteiger partial charge in [-0.05, 0) is 30.1 Å². The van der Waals surface area contributed by atoms with Crippen LogP contribution in [0.15, 0.2) is 40.5 Å². The molecule has 2 aromatic rings. The molecule has 1 aliphatic rings. The Hall–Kier alpha value is -2.90. The average Bonchev–Trinajstić information content (AvgIpc) is 3.02. The molecule has 4 nitrogen and oxygen atoms in total. The lowest BCUT2D eigenvalue weighted by atomic mass is 9.78. The maximum Gasteiger partial charge on any atom is 0.416 e. The van der Waals surface area contributed by atoms with Crippen LogP contribution < -0.4 is 0 Å². The van der Waals surface area contributed by atoms with Crippen molar-refractivity contribution in [2.75, 3.05) is 0 Å². The molecule has 0 amide bonds. The highest BCUT2D eigenvalue weighted by Gasteiger charge is 2.36. The van der Waals surface area contributed by atoms with Crippen LogP contribution in [0, 0.1) is 0 Å². The number of carbonyl (C=O) groups excluding carboxylic acids is 3. The molecule has 0 saturated carbocycles. The zero-order valence-electron chi connectivity index (χ0n) is 13.2. The van der Waals surface area contributed by atoms with Crippen LogP contribution in [-0.4, -0.2) is 25.2 Å². The minimum Gasteiger partial charge on any atom is -0.464 e. The fourth-order valence-electron chi connectivity index (χ4n) is 2.64. The third kappa shape index (κ3) is 2.63. The maximum atomic E-state index is 12.8. The Morgan fingerprint density at radius 2 is 1.84 bits per heavy atom. The maximum absolute atomic E-state index is 12.8. The number of furan rings is 1. The van der Waals surface area contributed by atoms with Gasteiger partial charge in [-0.1, -0.05) is 12.1 Å². The van der Waals surface area contributed by atoms with Crippen molar-refractivity contribution in [3.05, 3.63) is 64.1 Å². The van der Waals surface area contributed by atoms with E-state index in [1.54, 1.807) is 7.85 Å². The van der Waals surface area contributed by atoms with Crippen molar-refractivity contribution in [1.82, 2.24) is 0 Å². The number of benzene rings is 1. The van der Waals surface area contributed by atoms with Crippen LogP contribution in [0.2, 0.25) is 0 Å². The average molecular weight is 346 g/mol. The summed E-state index contributed by atoms with van der Waals surface area (Å²) in [6.45, 7) is 1.47. The van der Waals surface area contributed by atoms with Crippen molar-refractivity contribution in [1.29, 1.82) is 0 Å². The first-order valence-electron chi connectivity index (χ1n) is 7.23. The fourth-order valence-corrected chi connectivity index (χ4v) is 2.64. The molecule has 0 bridgehead atoms. The summed E-state index contributed by atoms with van der Waals surface area (Å²) in [6, 6.07) is 3.85. The Morgan fingerprint density at radius 3 is 2.48 bits per heavy atom. The van der Waals surface area contributed by atoms with Crippen LogP contribution in [0.5, 0.6) is 0 Å². The molecule has 1 aromatic heterocycles. The van der Waals surface area contributed by atoms with Gasteiger partial charge in [-0.3, -0.25) is 14.4 Å². The van der Waals surface area contributed by atoms with E-state index in [2.05, 4.69) is 0 Å². The van der Waals surface area contributed by atoms with Gasteiger partial charge in [-0.25, -0.2) is 0 Å². The topological polar surface area (TPSA) is 64.3 Å². The standard InChI is InChI=1S/C17H10BF3O4/c1-7-12(18)16-11(15(24)13(7)22)10(6-25-16)14(23)8-3-2-4-9(5-8)17(19,20)21/h2-6H,18H2,1H3. The molecular weight excluding hydrogens is 336 g/mol. The smallest absolute Gasteiger partial charge is 0.416 e. The van der Waals surface area contributed by atoms with Gasteiger partial charge in [0.1, 0.15) is 19.9 Å². The predicted octanol–water partition coefficient (Wildman–Crippen LogP) is 2.66. The predicted molar refractivity (Wildman–Crippen MR) is 84.1 cm³/mol. The molecule has 0 saturated heterocycles. The summed E-state index contributed by atoms with van der Waals surface area (Å²) in [7, 11) is 1.57. The van der Waals surface area contributed by atoms with E-state index in [4.69, 9.17) is 4.42 Å². The number of alkyl halides is 3. The van der Waals surface area contributed by atoms with Crippen LogP contribution in [-0.2, 0) is 11.0 Å². The van der Waals surface area contributed by atoms with Crippen LogP contribution >= 0.6 is 0 Å². The number of halogens is 3. The zero-order valence-corrected chi connectivity index (χ0v) is 13.2. The van der Waals surface area contributed by atoms with Crippen molar-refractivity contribution < 1.29 is 32.0 Å². The molecule has 0 atom stereocenters. The van der Waals surface area contributed by atoms with Crippen LogP contribution in [0.25, 0.3) is 5.47 Å². The minimum atomic E-state index is -4.60. The van der Waals surface area contributed by atoms with Crippen LogP contribution in [0.3, 0.4) is 0 Å². The number of hydrogen-bond donors (Lipinski definition) is 0. The summed E-state index contributed by atoms with van der Waals surface area (Å²) in [5.41, 5.74) is -1.02. The molecule has 0 spiro atoms. The molecule has 0 N–H and O–H groups in total. The molecule has 126 valence electrons. The molecule has 0 unspecified atom stereocenters. The summed E-state index contributed by atoms with van der Waals surface area (Å²) in [5.74, 6) is -2.38. The van der Waals surface area contributed by atoms with Crippen molar-refractivity contribution in [2.24, 2.45) is 0 Å². The summed E-state index contributed by atoms with van der Waals surface area (Å²) in [5, 5.41) is 0. The number of hydrogen-bond acceptors (Lipinski definition) is 4. The van der Waals surface area contributed by atoms with Crippen molar-refractivity contribution in [2.45, 2.75) is 13.1 Å². The SMILES string of the molecule is BC1=C(C)C(=O)C(=O)c2c(C(=O)c3cccc(C(F)(F)F)c3)coc21. The van der Waals surface area contributed by atoms with Gasteiger partial charge in [0.05, 0.1) is 16.7 Å². The molecule has 25 heavy (non-hydrogen) atoms. The summed E-state index contributed by atoms with van der Waals surface area (Å²) in [4.78, 5) is 36.8. The third-order valence-corrected chi connectivity index (χ3v) is 4.16. The molecule has 1 aromatic carbocycles. The molecule has 1 heterocycles. The van der Waals surface area contributed by atoms with E-state index >= 15 is 0 Å². The van der Waals surface area contributed by atoms with E-state index in [1.807, 2.05) is 0 Å². The first-order chi connectivity index (χ1) is 11.6. The van der Waals surface area contributed by atoms with Gasteiger partial charge in [-0.15, -0.1) is 0 Å². The number of ketones is 3. The van der Waals surface area contributed by atoms with E-state index in [9.17, 15) is 27.6 Å². The van der Waals surface area contributed by atoms with Crippen molar-refractivity contribution in [3.8, 4) is 0 Å². The molecule has 0 fully saturated rings. The van der Waals surface area contributed by atoms with E-state index in [0.29, 0.717) is 11.5 Å². The van der Waals surface area contributed by atoms with Gasteiger partial charge in [0, 0.05) is 5.56 Å². The Labute approximate surface area is 140 Å². The molecule has 1 aliphatic carbocycles. The fraction of sp³-hybridized carbons (Fsp3) is 0.118. The lowest BCUT2D eigenvalue weighted by Crippen LogP contribution is -2.24. The molecule has 3 rings (SSSR count). The quantitative estimate of drug-likeness (QED) is 0.477. The lowest BCUT2D eigenvalue weighted by molar-refractivity contribution is -0.137. The monoisotopic (exact) mass is 346 g/mol. The third-order valence-electron chi connectivity index (χ3n) is 4.16. The van der Waals surface area contributed by atoms with Gasteiger partial charge >= 0.3 is 6.18 Å². The Kier molecular flexibility index (Phi) is 3.78. The van der Waals surface area contributed by atoms with Crippen molar-refractivity contribution in [3.63, 3.8) is 0 Å². The Balaban J connectivity index is 2.12. The number of rotatable bonds is 2. The zero-order chi connectivity index (χ0) is 18.5. The number of allylic oxidation sites excluding steroid dienone is 1. The highest BCUT2D eigenvalue weighted by Crippen LogP contribution is 2.33. The molecular formula is C17H10BF3O4. The van der Waals surface area contributed by atoms with E-state index in [0.717, 1.165) is 18.4 Å². The largest absolute Gasteiger partial charge is 0.464 e. The van der Waals surface area contributed by atoms with Crippen LogP contribution in [0.4, 0.5) is 13.2 Å². The molecule has 0 radical (unpaired) electrons. The Bertz CT molecular complexity index is 967. The molecule has 0 aliphatic heterocycles. The number of Topliss-reactive ketones (excluding diaryl/α,β-unsaturated/α-hetero) is 2. The van der Waals surface area contributed by atoms with E-state index < -0.39 is 29.1 Å². The lowest BCUT2D eigenvalue weighted by Gasteiger charge is -2.13. The minimum absolute atomic E-state index is 0.0948. The van der Waals surface area contributed by atoms with E-state index in [1.165, 1.54) is 13.0 Å².